The van der Waals surface area contributed by atoms with Crippen molar-refractivity contribution in [2.24, 2.45) is 0 Å². The van der Waals surface area contributed by atoms with Gasteiger partial charge in [-0.3, -0.25) is 0 Å². The molecule has 4 rings (SSSR count). The molecule has 162 valence electrons. The van der Waals surface area contributed by atoms with Crippen LogP contribution in [0, 0.1) is 5.95 Å². The lowest BCUT2D eigenvalue weighted by Gasteiger charge is -2.24. The van der Waals surface area contributed by atoms with Crippen LogP contribution in [0.3, 0.4) is 0 Å². The highest BCUT2D eigenvalue weighted by atomic mass is 79.9. The van der Waals surface area contributed by atoms with Gasteiger partial charge in [-0.2, -0.15) is 4.39 Å². The third kappa shape index (κ3) is 4.97. The first-order valence-electron chi connectivity index (χ1n) is 10.4. The summed E-state index contributed by atoms with van der Waals surface area (Å²) in [6.45, 7) is 6.48. The number of hydrogen-bond acceptors (Lipinski definition) is 3. The molecule has 1 aromatic heterocycles. The van der Waals surface area contributed by atoms with Gasteiger partial charge in [0.15, 0.2) is 4.60 Å². The summed E-state index contributed by atoms with van der Waals surface area (Å²) < 4.78 is 21.1. The van der Waals surface area contributed by atoms with Crippen molar-refractivity contribution in [3.63, 3.8) is 0 Å². The summed E-state index contributed by atoms with van der Waals surface area (Å²) in [6.07, 6.45) is 1.56. The van der Waals surface area contributed by atoms with Crippen LogP contribution in [0.5, 0.6) is 5.75 Å². The fourth-order valence-corrected chi connectivity index (χ4v) is 5.93. The van der Waals surface area contributed by atoms with Crippen molar-refractivity contribution in [3.8, 4) is 17.0 Å². The zero-order chi connectivity index (χ0) is 22.7. The second-order valence-electron chi connectivity index (χ2n) is 8.62. The van der Waals surface area contributed by atoms with Crippen LogP contribution in [0.2, 0.25) is 0 Å². The fourth-order valence-electron chi connectivity index (χ4n) is 3.49. The van der Waals surface area contributed by atoms with Gasteiger partial charge in [-0.05, 0) is 49.4 Å². The molecule has 0 fully saturated rings. The fraction of sp³-hybridized carbons (Fsp3) is 0.154. The van der Waals surface area contributed by atoms with Crippen molar-refractivity contribution in [1.29, 1.82) is 0 Å². The molecule has 0 N–H and O–H groups in total. The van der Waals surface area contributed by atoms with Crippen LogP contribution in [0.4, 0.5) is 4.39 Å². The minimum atomic E-state index is -2.08. The van der Waals surface area contributed by atoms with Gasteiger partial charge >= 0.3 is 0 Å². The summed E-state index contributed by atoms with van der Waals surface area (Å²) in [6, 6.07) is 26.6. The summed E-state index contributed by atoms with van der Waals surface area (Å²) in [5.41, 5.74) is 2.23. The molecule has 4 aromatic rings. The van der Waals surface area contributed by atoms with Crippen molar-refractivity contribution in [2.75, 3.05) is 0 Å². The van der Waals surface area contributed by atoms with E-state index in [0.717, 1.165) is 11.1 Å². The average Bonchev–Trinajstić information content (AvgIpc) is 2.80. The highest BCUT2D eigenvalue weighted by Gasteiger charge is 2.24. The van der Waals surface area contributed by atoms with E-state index in [0.29, 0.717) is 11.4 Å². The SMILES string of the molecule is CC(C)(C)c1ccc(-c2cnc(Br)c(F)n2)c(O[SiH](c2ccccc2)c2ccccc2)c1. The Kier molecular flexibility index (Phi) is 6.53. The van der Waals surface area contributed by atoms with E-state index in [2.05, 4.69) is 77.0 Å². The van der Waals surface area contributed by atoms with E-state index in [-0.39, 0.29) is 10.0 Å². The summed E-state index contributed by atoms with van der Waals surface area (Å²) in [5, 5.41) is 2.33. The molecule has 0 bridgehead atoms. The predicted octanol–water partition coefficient (Wildman–Crippen LogP) is 5.26. The maximum atomic E-state index is 14.2. The van der Waals surface area contributed by atoms with Crippen LogP contribution in [0.15, 0.2) is 89.7 Å². The number of aromatic nitrogens is 2. The van der Waals surface area contributed by atoms with E-state index < -0.39 is 15.0 Å². The lowest BCUT2D eigenvalue weighted by atomic mass is 9.86. The van der Waals surface area contributed by atoms with E-state index in [4.69, 9.17) is 4.43 Å². The molecule has 0 aliphatic heterocycles. The maximum Gasteiger partial charge on any atom is 0.299 e. The largest absolute Gasteiger partial charge is 0.537 e. The molecule has 0 unspecified atom stereocenters. The molecule has 0 aliphatic rings. The minimum absolute atomic E-state index is 0.0656. The zero-order valence-electron chi connectivity index (χ0n) is 18.2. The molecule has 0 atom stereocenters. The van der Waals surface area contributed by atoms with Crippen LogP contribution in [0.1, 0.15) is 26.3 Å². The minimum Gasteiger partial charge on any atom is -0.537 e. The van der Waals surface area contributed by atoms with Crippen LogP contribution >= 0.6 is 15.9 Å². The van der Waals surface area contributed by atoms with Gasteiger partial charge < -0.3 is 4.43 Å². The quantitative estimate of drug-likeness (QED) is 0.346. The van der Waals surface area contributed by atoms with Crippen molar-refractivity contribution in [3.05, 3.63) is 101 Å². The van der Waals surface area contributed by atoms with Gasteiger partial charge in [0, 0.05) is 5.56 Å². The lowest BCUT2D eigenvalue weighted by molar-refractivity contribution is 0.562. The van der Waals surface area contributed by atoms with Crippen molar-refractivity contribution < 1.29 is 8.82 Å². The Morgan fingerprint density at radius 3 is 2.00 bits per heavy atom. The molecule has 0 saturated heterocycles. The summed E-state index contributed by atoms with van der Waals surface area (Å²) in [4.78, 5) is 8.21. The molecule has 1 heterocycles. The number of benzene rings is 3. The van der Waals surface area contributed by atoms with Gasteiger partial charge in [0.25, 0.3) is 9.04 Å². The molecule has 0 saturated carbocycles. The van der Waals surface area contributed by atoms with Crippen LogP contribution in [0.25, 0.3) is 11.3 Å². The second kappa shape index (κ2) is 9.34. The molecule has 3 aromatic carbocycles. The third-order valence-electron chi connectivity index (χ3n) is 5.26. The number of hydrogen-bond donors (Lipinski definition) is 0. The van der Waals surface area contributed by atoms with Crippen LogP contribution in [-0.4, -0.2) is 19.0 Å². The third-order valence-corrected chi connectivity index (χ3v) is 8.26. The first-order chi connectivity index (χ1) is 15.3. The molecule has 0 radical (unpaired) electrons. The Morgan fingerprint density at radius 1 is 0.875 bits per heavy atom. The summed E-state index contributed by atoms with van der Waals surface area (Å²) in [5.74, 6) is 0.0473. The molecule has 0 amide bonds. The summed E-state index contributed by atoms with van der Waals surface area (Å²) >= 11 is 3.09. The Labute approximate surface area is 198 Å². The van der Waals surface area contributed by atoms with E-state index >= 15 is 0 Å². The van der Waals surface area contributed by atoms with Gasteiger partial charge in [-0.15, -0.1) is 0 Å². The van der Waals surface area contributed by atoms with Gasteiger partial charge in [0.2, 0.25) is 5.95 Å². The Bertz CT molecular complexity index is 1170. The first kappa shape index (κ1) is 22.4. The lowest BCUT2D eigenvalue weighted by Crippen LogP contribution is -2.47. The van der Waals surface area contributed by atoms with Crippen molar-refractivity contribution in [1.82, 2.24) is 9.97 Å². The number of halogens is 2. The molecule has 6 heteroatoms. The highest BCUT2D eigenvalue weighted by Crippen LogP contribution is 2.34. The highest BCUT2D eigenvalue weighted by molar-refractivity contribution is 9.10. The van der Waals surface area contributed by atoms with Gasteiger partial charge in [0.1, 0.15) is 5.75 Å². The monoisotopic (exact) mass is 506 g/mol. The van der Waals surface area contributed by atoms with E-state index in [1.165, 1.54) is 10.4 Å². The van der Waals surface area contributed by atoms with Gasteiger partial charge in [-0.25, -0.2) is 9.97 Å². The Balaban J connectivity index is 1.86. The second-order valence-corrected chi connectivity index (χ2v) is 11.7. The Morgan fingerprint density at radius 2 is 1.47 bits per heavy atom. The summed E-state index contributed by atoms with van der Waals surface area (Å²) in [7, 11) is -2.08. The maximum absolute atomic E-state index is 14.2. The number of rotatable bonds is 5. The predicted molar refractivity (Wildman–Crippen MR) is 134 cm³/mol. The molecular weight excluding hydrogens is 483 g/mol. The van der Waals surface area contributed by atoms with Crippen LogP contribution < -0.4 is 14.8 Å². The Hall–Kier alpha value is -2.83. The molecule has 3 nitrogen and oxygen atoms in total. The van der Waals surface area contributed by atoms with Crippen LogP contribution in [-0.2, 0) is 5.41 Å². The normalized spacial score (nSPS) is 11.6. The molecular formula is C26H24BrFN2OSi. The zero-order valence-corrected chi connectivity index (χ0v) is 21.0. The van der Waals surface area contributed by atoms with Crippen molar-refractivity contribution >= 4 is 35.3 Å². The van der Waals surface area contributed by atoms with Crippen molar-refractivity contribution in [2.45, 2.75) is 26.2 Å². The standard InChI is InChI=1S/C26H24BrFN2OSi/c1-26(2,3)18-14-15-21(22-17-29-24(27)25(28)30-22)23(16-18)31-32(19-10-6-4-7-11-19)20-12-8-5-9-13-20/h4-17,32H,1-3H3. The van der Waals surface area contributed by atoms with E-state index in [1.54, 1.807) is 6.20 Å². The average molecular weight is 507 g/mol. The molecule has 32 heavy (non-hydrogen) atoms. The topological polar surface area (TPSA) is 35.0 Å². The van der Waals surface area contributed by atoms with E-state index in [1.807, 2.05) is 48.5 Å². The molecule has 0 spiro atoms. The molecule has 0 aliphatic carbocycles. The van der Waals surface area contributed by atoms with Gasteiger partial charge in [-0.1, -0.05) is 87.5 Å². The van der Waals surface area contributed by atoms with Gasteiger partial charge in [0.05, 0.1) is 11.9 Å². The smallest absolute Gasteiger partial charge is 0.299 e. The first-order valence-corrected chi connectivity index (χ1v) is 12.8. The van der Waals surface area contributed by atoms with E-state index in [9.17, 15) is 4.39 Å². The number of nitrogens with zero attached hydrogens (tertiary/aromatic N) is 2.